The first-order valence-corrected chi connectivity index (χ1v) is 7.40. The molecule has 0 heterocycles. The normalized spacial score (nSPS) is 11.1. The quantitative estimate of drug-likeness (QED) is 0.747. The summed E-state index contributed by atoms with van der Waals surface area (Å²) in [6.07, 6.45) is 0. The van der Waals surface area contributed by atoms with Gasteiger partial charge in [-0.2, -0.15) is 0 Å². The fraction of sp³-hybridized carbons (Fsp3) is 0.308. The van der Waals surface area contributed by atoms with Gasteiger partial charge in [0.15, 0.2) is 0 Å². The van der Waals surface area contributed by atoms with Gasteiger partial charge in [-0.05, 0) is 32.0 Å². The Bertz CT molecular complexity index is 622. The van der Waals surface area contributed by atoms with Gasteiger partial charge in [-0.25, -0.2) is 17.9 Å². The van der Waals surface area contributed by atoms with Gasteiger partial charge in [0.2, 0.25) is 10.0 Å². The lowest BCUT2D eigenvalue weighted by Gasteiger charge is -2.10. The molecule has 0 bridgehead atoms. The Morgan fingerprint density at radius 3 is 2.60 bits per heavy atom. The lowest BCUT2D eigenvalue weighted by atomic mass is 10.2. The number of carbonyl (C=O) groups is 1. The van der Waals surface area contributed by atoms with Crippen LogP contribution in [0.1, 0.15) is 24.2 Å². The van der Waals surface area contributed by atoms with Crippen molar-refractivity contribution < 1.29 is 23.1 Å². The first-order chi connectivity index (χ1) is 9.27. The van der Waals surface area contributed by atoms with Crippen molar-refractivity contribution in [3.63, 3.8) is 0 Å². The van der Waals surface area contributed by atoms with Crippen LogP contribution < -0.4 is 9.46 Å². The van der Waals surface area contributed by atoms with Crippen molar-refractivity contribution in [2.75, 3.05) is 13.2 Å². The fourth-order valence-corrected chi connectivity index (χ4v) is 2.55. The molecule has 0 aromatic heterocycles. The third-order valence-corrected chi connectivity index (χ3v) is 3.75. The van der Waals surface area contributed by atoms with Gasteiger partial charge in [0.05, 0.1) is 11.5 Å². The van der Waals surface area contributed by atoms with Crippen LogP contribution in [0.2, 0.25) is 0 Å². The van der Waals surface area contributed by atoms with E-state index in [0.29, 0.717) is 12.2 Å². The maximum absolute atomic E-state index is 12.0. The number of sulfonamides is 1. The van der Waals surface area contributed by atoms with E-state index in [1.54, 1.807) is 13.8 Å². The third kappa shape index (κ3) is 4.07. The highest BCUT2D eigenvalue weighted by Crippen LogP contribution is 2.22. The molecule has 1 aromatic rings. The maximum atomic E-state index is 12.0. The van der Waals surface area contributed by atoms with Crippen molar-refractivity contribution in [2.24, 2.45) is 0 Å². The smallest absolute Gasteiger partial charge is 0.339 e. The zero-order chi connectivity index (χ0) is 15.3. The molecule has 0 amide bonds. The van der Waals surface area contributed by atoms with Crippen molar-refractivity contribution in [2.45, 2.75) is 18.7 Å². The summed E-state index contributed by atoms with van der Waals surface area (Å²) in [5, 5.41) is 9.09. The van der Waals surface area contributed by atoms with Gasteiger partial charge in [-0.1, -0.05) is 12.2 Å². The summed E-state index contributed by atoms with van der Waals surface area (Å²) >= 11 is 0. The number of nitrogens with one attached hydrogen (secondary N) is 1. The Labute approximate surface area is 118 Å². The number of carboxylic acid groups (broad SMARTS) is 1. The molecule has 0 saturated heterocycles. The topological polar surface area (TPSA) is 92.7 Å². The van der Waals surface area contributed by atoms with E-state index in [2.05, 4.69) is 11.3 Å². The fourth-order valence-electron chi connectivity index (χ4n) is 1.43. The summed E-state index contributed by atoms with van der Waals surface area (Å²) in [7, 11) is -3.77. The summed E-state index contributed by atoms with van der Waals surface area (Å²) in [5.74, 6) is -1.11. The Hall–Kier alpha value is -1.86. The monoisotopic (exact) mass is 299 g/mol. The minimum atomic E-state index is -3.77. The van der Waals surface area contributed by atoms with Crippen LogP contribution in [-0.4, -0.2) is 32.6 Å². The first kappa shape index (κ1) is 16.2. The van der Waals surface area contributed by atoms with E-state index in [9.17, 15) is 13.2 Å². The van der Waals surface area contributed by atoms with E-state index in [1.807, 2.05) is 0 Å². The molecule has 0 atom stereocenters. The second kappa shape index (κ2) is 6.53. The van der Waals surface area contributed by atoms with E-state index in [4.69, 9.17) is 9.84 Å². The highest BCUT2D eigenvalue weighted by atomic mass is 32.2. The van der Waals surface area contributed by atoms with Gasteiger partial charge in [0, 0.05) is 6.54 Å². The number of hydrogen-bond acceptors (Lipinski definition) is 4. The molecule has 0 radical (unpaired) electrons. The number of rotatable bonds is 7. The predicted molar refractivity (Wildman–Crippen MR) is 74.6 cm³/mol. The number of ether oxygens (including phenoxy) is 1. The molecule has 0 unspecified atom stereocenters. The summed E-state index contributed by atoms with van der Waals surface area (Å²) in [5.41, 5.74) is 0.461. The van der Waals surface area contributed by atoms with E-state index >= 15 is 0 Å². The van der Waals surface area contributed by atoms with E-state index in [1.165, 1.54) is 12.1 Å². The van der Waals surface area contributed by atoms with Crippen molar-refractivity contribution in [1.82, 2.24) is 4.72 Å². The van der Waals surface area contributed by atoms with Gasteiger partial charge in [-0.3, -0.25) is 0 Å². The van der Waals surface area contributed by atoms with E-state index in [0.717, 1.165) is 6.07 Å². The summed E-state index contributed by atoms with van der Waals surface area (Å²) in [6, 6.07) is 3.72. The minimum absolute atomic E-state index is 0.0952. The number of benzene rings is 1. The number of hydrogen-bond donors (Lipinski definition) is 2. The molecule has 7 heteroatoms. The zero-order valence-corrected chi connectivity index (χ0v) is 12.2. The molecule has 2 N–H and O–H groups in total. The molecule has 20 heavy (non-hydrogen) atoms. The lowest BCUT2D eigenvalue weighted by molar-refractivity contribution is 0.0692. The Balaban J connectivity index is 3.17. The van der Waals surface area contributed by atoms with Gasteiger partial charge >= 0.3 is 5.97 Å². The second-order valence-electron chi connectivity index (χ2n) is 4.18. The van der Waals surface area contributed by atoms with Crippen LogP contribution in [0.4, 0.5) is 0 Å². The number of aromatic carboxylic acids is 1. The van der Waals surface area contributed by atoms with Crippen molar-refractivity contribution in [3.8, 4) is 5.75 Å². The molecule has 0 saturated carbocycles. The van der Waals surface area contributed by atoms with Gasteiger partial charge < -0.3 is 9.84 Å². The van der Waals surface area contributed by atoms with E-state index in [-0.39, 0.29) is 22.8 Å². The molecular formula is C13H17NO5S. The summed E-state index contributed by atoms with van der Waals surface area (Å²) < 4.78 is 31.5. The Morgan fingerprint density at radius 2 is 2.10 bits per heavy atom. The molecule has 6 nitrogen and oxygen atoms in total. The van der Waals surface area contributed by atoms with Crippen molar-refractivity contribution in [1.29, 1.82) is 0 Å². The van der Waals surface area contributed by atoms with Crippen LogP contribution in [-0.2, 0) is 10.0 Å². The molecule has 0 spiro atoms. The van der Waals surface area contributed by atoms with E-state index < -0.39 is 16.0 Å². The van der Waals surface area contributed by atoms with Crippen LogP contribution in [0.25, 0.3) is 0 Å². The van der Waals surface area contributed by atoms with Crippen molar-refractivity contribution in [3.05, 3.63) is 35.9 Å². The molecule has 110 valence electrons. The SMILES string of the molecule is C=C(C)CNS(=O)(=O)c1ccc(OCC)c(C(=O)O)c1. The highest BCUT2D eigenvalue weighted by molar-refractivity contribution is 7.89. The minimum Gasteiger partial charge on any atom is -0.493 e. The zero-order valence-electron chi connectivity index (χ0n) is 11.3. The lowest BCUT2D eigenvalue weighted by Crippen LogP contribution is -2.25. The van der Waals surface area contributed by atoms with Crippen LogP contribution in [0.5, 0.6) is 5.75 Å². The molecule has 1 rings (SSSR count). The molecule has 1 aromatic carbocycles. The predicted octanol–water partition coefficient (Wildman–Crippen LogP) is 1.64. The Kier molecular flexibility index (Phi) is 5.29. The van der Waals surface area contributed by atoms with Gasteiger partial charge in [0.1, 0.15) is 11.3 Å². The third-order valence-electron chi connectivity index (χ3n) is 2.36. The average Bonchev–Trinajstić information content (AvgIpc) is 2.37. The van der Waals surface area contributed by atoms with Crippen LogP contribution in [0, 0.1) is 0 Å². The van der Waals surface area contributed by atoms with Crippen LogP contribution >= 0.6 is 0 Å². The Morgan fingerprint density at radius 1 is 1.45 bits per heavy atom. The molecule has 0 aliphatic rings. The van der Waals surface area contributed by atoms with Crippen molar-refractivity contribution >= 4 is 16.0 Å². The highest BCUT2D eigenvalue weighted by Gasteiger charge is 2.19. The summed E-state index contributed by atoms with van der Waals surface area (Å²) in [6.45, 7) is 7.38. The molecule has 0 fully saturated rings. The molecule has 0 aliphatic carbocycles. The number of carboxylic acids is 1. The molecular weight excluding hydrogens is 282 g/mol. The van der Waals surface area contributed by atoms with Gasteiger partial charge in [0.25, 0.3) is 0 Å². The largest absolute Gasteiger partial charge is 0.493 e. The standard InChI is InChI=1S/C13H17NO5S/c1-4-19-12-6-5-10(7-11(12)13(15)16)20(17,18)14-8-9(2)3/h5-7,14H,2,4,8H2,1,3H3,(H,15,16). The molecule has 0 aliphatic heterocycles. The van der Waals surface area contributed by atoms with Crippen LogP contribution in [0.15, 0.2) is 35.2 Å². The summed E-state index contributed by atoms with van der Waals surface area (Å²) in [4.78, 5) is 11.0. The van der Waals surface area contributed by atoms with Gasteiger partial charge in [-0.15, -0.1) is 0 Å². The second-order valence-corrected chi connectivity index (χ2v) is 5.94. The van der Waals surface area contributed by atoms with Crippen LogP contribution in [0.3, 0.4) is 0 Å². The first-order valence-electron chi connectivity index (χ1n) is 5.92. The maximum Gasteiger partial charge on any atom is 0.339 e. The average molecular weight is 299 g/mol.